The summed E-state index contributed by atoms with van der Waals surface area (Å²) in [6.07, 6.45) is 1.92. The summed E-state index contributed by atoms with van der Waals surface area (Å²) in [6.45, 7) is 8.19. The van der Waals surface area contributed by atoms with Crippen LogP contribution in [0, 0.1) is 0 Å². The first-order valence-electron chi connectivity index (χ1n) is 7.84. The fraction of sp³-hybridized carbons (Fsp3) is 0.625. The molecule has 0 unspecified atom stereocenters. The van der Waals surface area contributed by atoms with E-state index in [4.69, 9.17) is 0 Å². The van der Waals surface area contributed by atoms with Gasteiger partial charge in [-0.2, -0.15) is 0 Å². The summed E-state index contributed by atoms with van der Waals surface area (Å²) >= 11 is 1.84. The topological polar surface area (TPSA) is 52.6 Å². The Morgan fingerprint density at radius 2 is 2.14 bits per heavy atom. The lowest BCUT2D eigenvalue weighted by atomic mass is 10.0. The summed E-state index contributed by atoms with van der Waals surface area (Å²) < 4.78 is 0. The van der Waals surface area contributed by atoms with Gasteiger partial charge in [0.15, 0.2) is 0 Å². The van der Waals surface area contributed by atoms with E-state index in [1.807, 2.05) is 11.3 Å². The Kier molecular flexibility index (Phi) is 3.99. The van der Waals surface area contributed by atoms with Crippen LogP contribution < -0.4 is 5.32 Å². The third-order valence-corrected chi connectivity index (χ3v) is 5.67. The summed E-state index contributed by atoms with van der Waals surface area (Å²) in [5.74, 6) is -0.121. The second-order valence-corrected chi connectivity index (χ2v) is 7.63. The highest BCUT2D eigenvalue weighted by Crippen LogP contribution is 2.32. The molecule has 1 aromatic rings. The van der Waals surface area contributed by atoms with Crippen LogP contribution in [-0.2, 0) is 11.2 Å². The quantitative estimate of drug-likeness (QED) is 0.866. The van der Waals surface area contributed by atoms with Gasteiger partial charge in [-0.25, -0.2) is 4.79 Å². The van der Waals surface area contributed by atoms with Crippen molar-refractivity contribution >= 4 is 23.3 Å². The summed E-state index contributed by atoms with van der Waals surface area (Å²) in [4.78, 5) is 29.3. The number of carbonyl (C=O) groups excluding carboxylic acids is 2. The minimum Gasteiger partial charge on any atom is -0.324 e. The predicted octanol–water partition coefficient (Wildman–Crippen LogP) is 2.39. The number of rotatable bonds is 4. The predicted molar refractivity (Wildman–Crippen MR) is 87.0 cm³/mol. The van der Waals surface area contributed by atoms with Gasteiger partial charge < -0.3 is 5.32 Å². The van der Waals surface area contributed by atoms with Crippen molar-refractivity contribution in [2.45, 2.75) is 45.2 Å². The van der Waals surface area contributed by atoms with Gasteiger partial charge in [-0.3, -0.25) is 14.6 Å². The maximum Gasteiger partial charge on any atom is 0.325 e. The standard InChI is InChI=1S/C16H23N3O2S/c1-11-12-6-10-22-13(12)5-9-18(11)7-4-8-19-14(20)16(2,3)17-15(19)21/h6,10-11H,4-5,7-9H2,1-3H3,(H,17,21)/t11-/m1/s1. The van der Waals surface area contributed by atoms with Gasteiger partial charge in [-0.05, 0) is 50.6 Å². The van der Waals surface area contributed by atoms with Crippen LogP contribution in [0.4, 0.5) is 4.79 Å². The molecule has 1 atom stereocenters. The molecular weight excluding hydrogens is 298 g/mol. The molecule has 6 heteroatoms. The number of fused-ring (bicyclic) bond motifs is 1. The number of carbonyl (C=O) groups is 2. The van der Waals surface area contributed by atoms with Crippen LogP contribution in [0.25, 0.3) is 0 Å². The molecule has 120 valence electrons. The first-order chi connectivity index (χ1) is 10.4. The van der Waals surface area contributed by atoms with Gasteiger partial charge in [0.25, 0.3) is 5.91 Å². The largest absolute Gasteiger partial charge is 0.325 e. The lowest BCUT2D eigenvalue weighted by Crippen LogP contribution is -2.41. The summed E-state index contributed by atoms with van der Waals surface area (Å²) in [5.41, 5.74) is 0.675. The van der Waals surface area contributed by atoms with E-state index in [1.165, 1.54) is 15.3 Å². The third kappa shape index (κ3) is 2.65. The molecule has 2 aliphatic rings. The van der Waals surface area contributed by atoms with Crippen LogP contribution >= 0.6 is 11.3 Å². The lowest BCUT2D eigenvalue weighted by Gasteiger charge is -2.33. The minimum atomic E-state index is -0.763. The monoisotopic (exact) mass is 321 g/mol. The van der Waals surface area contributed by atoms with E-state index < -0.39 is 5.54 Å². The van der Waals surface area contributed by atoms with Crippen molar-refractivity contribution in [3.05, 3.63) is 21.9 Å². The number of imide groups is 1. The van der Waals surface area contributed by atoms with E-state index in [-0.39, 0.29) is 11.9 Å². The van der Waals surface area contributed by atoms with Crippen molar-refractivity contribution in [3.8, 4) is 0 Å². The molecule has 1 N–H and O–H groups in total. The average Bonchev–Trinajstić information content (AvgIpc) is 2.99. The van der Waals surface area contributed by atoms with Crippen molar-refractivity contribution in [2.75, 3.05) is 19.6 Å². The Morgan fingerprint density at radius 3 is 2.82 bits per heavy atom. The second kappa shape index (κ2) is 5.66. The maximum absolute atomic E-state index is 12.1. The van der Waals surface area contributed by atoms with Crippen molar-refractivity contribution in [1.29, 1.82) is 0 Å². The Bertz CT molecular complexity index is 596. The number of nitrogens with zero attached hydrogens (tertiary/aromatic N) is 2. The van der Waals surface area contributed by atoms with Crippen LogP contribution in [0.5, 0.6) is 0 Å². The molecule has 1 aromatic heterocycles. The van der Waals surface area contributed by atoms with Crippen LogP contribution in [0.3, 0.4) is 0 Å². The van der Waals surface area contributed by atoms with Crippen LogP contribution in [0.15, 0.2) is 11.4 Å². The van der Waals surface area contributed by atoms with Crippen molar-refractivity contribution < 1.29 is 9.59 Å². The SMILES string of the molecule is C[C@@H]1c2ccsc2CCN1CCCN1C(=O)NC(C)(C)C1=O. The molecule has 1 saturated heterocycles. The zero-order valence-corrected chi connectivity index (χ0v) is 14.2. The molecule has 0 bridgehead atoms. The lowest BCUT2D eigenvalue weighted by molar-refractivity contribution is -0.130. The molecule has 22 heavy (non-hydrogen) atoms. The van der Waals surface area contributed by atoms with E-state index in [9.17, 15) is 9.59 Å². The van der Waals surface area contributed by atoms with E-state index in [0.29, 0.717) is 12.6 Å². The van der Waals surface area contributed by atoms with Crippen molar-refractivity contribution in [2.24, 2.45) is 0 Å². The Hall–Kier alpha value is -1.40. The molecule has 1 fully saturated rings. The van der Waals surface area contributed by atoms with E-state index in [1.54, 1.807) is 13.8 Å². The second-order valence-electron chi connectivity index (χ2n) is 6.63. The molecule has 2 aliphatic heterocycles. The zero-order chi connectivity index (χ0) is 15.9. The molecule has 0 spiro atoms. The average molecular weight is 321 g/mol. The highest BCUT2D eigenvalue weighted by molar-refractivity contribution is 7.10. The normalized spacial score (nSPS) is 24.5. The first-order valence-corrected chi connectivity index (χ1v) is 8.72. The summed E-state index contributed by atoms with van der Waals surface area (Å²) in [7, 11) is 0. The number of nitrogens with one attached hydrogen (secondary N) is 1. The number of amides is 3. The van der Waals surface area contributed by atoms with Gasteiger partial charge in [0.1, 0.15) is 5.54 Å². The molecular formula is C16H23N3O2S. The molecule has 0 aliphatic carbocycles. The number of thiophene rings is 1. The van der Waals surface area contributed by atoms with E-state index in [2.05, 4.69) is 28.6 Å². The number of hydrogen-bond acceptors (Lipinski definition) is 4. The van der Waals surface area contributed by atoms with Crippen molar-refractivity contribution in [1.82, 2.24) is 15.1 Å². The van der Waals surface area contributed by atoms with E-state index in [0.717, 1.165) is 25.9 Å². The number of hydrogen-bond donors (Lipinski definition) is 1. The molecule has 3 rings (SSSR count). The highest BCUT2D eigenvalue weighted by atomic mass is 32.1. The highest BCUT2D eigenvalue weighted by Gasteiger charge is 2.43. The molecule has 0 radical (unpaired) electrons. The van der Waals surface area contributed by atoms with Crippen LogP contribution in [-0.4, -0.2) is 46.9 Å². The molecule has 0 saturated carbocycles. The van der Waals surface area contributed by atoms with Crippen LogP contribution in [0.2, 0.25) is 0 Å². The van der Waals surface area contributed by atoms with Crippen molar-refractivity contribution in [3.63, 3.8) is 0 Å². The van der Waals surface area contributed by atoms with Gasteiger partial charge in [-0.15, -0.1) is 11.3 Å². The zero-order valence-electron chi connectivity index (χ0n) is 13.4. The molecule has 0 aromatic carbocycles. The molecule has 3 heterocycles. The fourth-order valence-electron chi connectivity index (χ4n) is 3.32. The smallest absolute Gasteiger partial charge is 0.324 e. The fourth-order valence-corrected chi connectivity index (χ4v) is 4.28. The van der Waals surface area contributed by atoms with Crippen LogP contribution in [0.1, 0.15) is 43.7 Å². The Balaban J connectivity index is 1.54. The van der Waals surface area contributed by atoms with Gasteiger partial charge >= 0.3 is 6.03 Å². The number of urea groups is 1. The van der Waals surface area contributed by atoms with Gasteiger partial charge in [0.05, 0.1) is 0 Å². The summed E-state index contributed by atoms with van der Waals surface area (Å²) in [5, 5.41) is 4.89. The Morgan fingerprint density at radius 1 is 1.36 bits per heavy atom. The van der Waals surface area contributed by atoms with Gasteiger partial charge in [0, 0.05) is 30.6 Å². The molecule has 3 amide bonds. The van der Waals surface area contributed by atoms with Gasteiger partial charge in [-0.1, -0.05) is 0 Å². The molecule has 5 nitrogen and oxygen atoms in total. The maximum atomic E-state index is 12.1. The van der Waals surface area contributed by atoms with Gasteiger partial charge in [0.2, 0.25) is 0 Å². The minimum absolute atomic E-state index is 0.121. The summed E-state index contributed by atoms with van der Waals surface area (Å²) in [6, 6.07) is 2.38. The van der Waals surface area contributed by atoms with E-state index >= 15 is 0 Å². The first kappa shape index (κ1) is 15.5. The third-order valence-electron chi connectivity index (χ3n) is 4.68. The Labute approximate surface area is 135 Å².